The molecule has 2 aromatic rings. The van der Waals surface area contributed by atoms with Crippen molar-refractivity contribution in [2.24, 2.45) is 0 Å². The number of rotatable bonds is 5. The van der Waals surface area contributed by atoms with E-state index in [2.05, 4.69) is 30.4 Å². The van der Waals surface area contributed by atoms with Gasteiger partial charge in [-0.25, -0.2) is 27.4 Å². The first kappa shape index (κ1) is 57.5. The van der Waals surface area contributed by atoms with Crippen LogP contribution in [0.2, 0.25) is 0 Å². The molecule has 0 bridgehead atoms. The molecular weight excluding hydrogens is 917 g/mol. The van der Waals surface area contributed by atoms with Crippen molar-refractivity contribution >= 4 is 65.9 Å². The monoisotopic (exact) mass is 964 g/mol. The zero-order valence-corrected chi connectivity index (χ0v) is 34.9. The predicted octanol–water partition coefficient (Wildman–Crippen LogP) is -3.01. The van der Waals surface area contributed by atoms with Gasteiger partial charge in [-0.05, 0) is 0 Å². The van der Waals surface area contributed by atoms with Gasteiger partial charge in [0.05, 0.1) is 0 Å². The van der Waals surface area contributed by atoms with Crippen LogP contribution >= 0.6 is 54.9 Å². The Balaban J connectivity index is 0. The molecular formula is C18H47N6O25P7. The molecule has 31 nitrogen and oxygen atoms in total. The molecule has 3 aliphatic rings. The summed E-state index contributed by atoms with van der Waals surface area (Å²) >= 11 is 0. The average Bonchev–Trinajstić information content (AvgIpc) is 3.75. The Bertz CT molecular complexity index is 1460. The number of nitrogens with zero attached hydrogens (tertiary/aromatic N) is 6. The number of benzene rings is 1. The van der Waals surface area contributed by atoms with Crippen LogP contribution < -0.4 is 4.62 Å². The quantitative estimate of drug-likeness (QED) is 0.133. The second-order valence-corrected chi connectivity index (χ2v) is 20.2. The second-order valence-electron chi connectivity index (χ2n) is 10.8. The molecule has 4 heterocycles. The van der Waals surface area contributed by atoms with Gasteiger partial charge in [0.2, 0.25) is 0 Å². The van der Waals surface area contributed by atoms with E-state index < -0.39 is 54.9 Å². The molecule has 334 valence electrons. The van der Waals surface area contributed by atoms with Crippen LogP contribution in [0.15, 0.2) is 24.3 Å². The number of hydrogen-bond donors (Lipinski definition) is 18. The number of fused-ring (bicyclic) bond motifs is 1. The van der Waals surface area contributed by atoms with E-state index in [1.807, 2.05) is 18.2 Å². The molecule has 3 aliphatic heterocycles. The standard InChI is InChI=1S/C18H29N6OP.6H3O4P/c1-2-10-18-17(9-1)19-20-24(18)25-26(21-11-3-4-12-21,22-13-5-6-14-22)23-15-7-8-16-23;6*1-5(2,3)4/h1-2,9-10,26H,3-8,11-16H2;6*(H3,1,2,3,4). The summed E-state index contributed by atoms with van der Waals surface area (Å²) in [5.74, 6) is 0. The van der Waals surface area contributed by atoms with Crippen LogP contribution in [0.5, 0.6) is 0 Å². The maximum absolute atomic E-state index is 8.88. The minimum absolute atomic E-state index is 0.902. The van der Waals surface area contributed by atoms with E-state index in [0.717, 1.165) is 50.3 Å². The number of para-hydroxylation sites is 1. The SMILES string of the molecule is O=P(O)(O)O.O=P(O)(O)O.O=P(O)(O)O.O=P(O)(O)O.O=P(O)(O)O.O=P(O)(O)O.c1ccc2c(c1)nnn2O[PH](N1CCCC1)(N1CCCC1)N1CCCC1. The van der Waals surface area contributed by atoms with Gasteiger partial charge in [-0.15, -0.1) is 0 Å². The Morgan fingerprint density at radius 2 is 0.679 bits per heavy atom. The zero-order valence-electron chi connectivity index (χ0n) is 28.6. The van der Waals surface area contributed by atoms with Gasteiger partial charge in [0.15, 0.2) is 0 Å². The Hall–Kier alpha value is -0.610. The molecule has 0 aliphatic carbocycles. The fourth-order valence-electron chi connectivity index (χ4n) is 4.83. The summed E-state index contributed by atoms with van der Waals surface area (Å²) in [5, 5.41) is 8.73. The van der Waals surface area contributed by atoms with Crippen molar-refractivity contribution in [2.45, 2.75) is 38.5 Å². The Morgan fingerprint density at radius 3 is 0.929 bits per heavy atom. The van der Waals surface area contributed by atoms with E-state index in [-0.39, 0.29) is 0 Å². The first-order chi connectivity index (χ1) is 24.9. The fourth-order valence-corrected chi connectivity index (χ4v) is 9.44. The normalized spacial score (nSPS) is 17.5. The van der Waals surface area contributed by atoms with Gasteiger partial charge >= 0.3 is 202 Å². The summed E-state index contributed by atoms with van der Waals surface area (Å²) in [4.78, 5) is 131. The van der Waals surface area contributed by atoms with Crippen LogP contribution in [0, 0.1) is 0 Å². The number of phosphoric acid groups is 6. The molecule has 0 amide bonds. The van der Waals surface area contributed by atoms with Crippen LogP contribution in [0.1, 0.15) is 38.5 Å². The van der Waals surface area contributed by atoms with Crippen molar-refractivity contribution in [3.8, 4) is 0 Å². The van der Waals surface area contributed by atoms with Crippen molar-refractivity contribution in [3.63, 3.8) is 0 Å². The van der Waals surface area contributed by atoms with E-state index in [9.17, 15) is 0 Å². The molecule has 0 saturated carbocycles. The first-order valence-corrected chi connectivity index (χ1v) is 26.0. The Morgan fingerprint density at radius 1 is 0.446 bits per heavy atom. The summed E-state index contributed by atoms with van der Waals surface area (Å²) in [7, 11) is -30.3. The van der Waals surface area contributed by atoms with Crippen LogP contribution in [-0.4, -0.2) is 157 Å². The molecule has 1 aromatic heterocycles. The van der Waals surface area contributed by atoms with Crippen molar-refractivity contribution in [2.75, 3.05) is 39.3 Å². The third-order valence-electron chi connectivity index (χ3n) is 6.08. The summed E-state index contributed by atoms with van der Waals surface area (Å²) < 4.78 is 68.3. The van der Waals surface area contributed by atoms with Crippen LogP contribution in [0.3, 0.4) is 0 Å². The third-order valence-corrected chi connectivity index (χ3v) is 10.3. The Labute approximate surface area is 317 Å². The first-order valence-electron chi connectivity index (χ1n) is 14.8. The minimum atomic E-state index is -4.64. The Kier molecular flexibility index (Phi) is 25.9. The van der Waals surface area contributed by atoms with Crippen molar-refractivity contribution in [3.05, 3.63) is 24.3 Å². The second kappa shape index (κ2) is 25.2. The molecule has 0 spiro atoms. The molecule has 38 heteroatoms. The summed E-state index contributed by atoms with van der Waals surface area (Å²) in [6.45, 7) is 6.87. The van der Waals surface area contributed by atoms with Gasteiger partial charge in [-0.3, -0.25) is 0 Å². The molecule has 3 saturated heterocycles. The van der Waals surface area contributed by atoms with Crippen molar-refractivity contribution < 1.29 is 120 Å². The van der Waals surface area contributed by atoms with Gasteiger partial charge in [0.1, 0.15) is 0 Å². The average molecular weight is 964 g/mol. The molecule has 5 rings (SSSR count). The van der Waals surface area contributed by atoms with Crippen LogP contribution in [0.25, 0.3) is 11.0 Å². The van der Waals surface area contributed by atoms with E-state index in [1.165, 1.54) is 38.5 Å². The maximum atomic E-state index is 8.88. The van der Waals surface area contributed by atoms with Gasteiger partial charge in [0.25, 0.3) is 0 Å². The van der Waals surface area contributed by atoms with E-state index >= 15 is 0 Å². The molecule has 0 atom stereocenters. The van der Waals surface area contributed by atoms with Gasteiger partial charge in [-0.1, -0.05) is 0 Å². The molecule has 0 unspecified atom stereocenters. The van der Waals surface area contributed by atoms with E-state index in [0.29, 0.717) is 0 Å². The molecule has 18 N–H and O–H groups in total. The van der Waals surface area contributed by atoms with Gasteiger partial charge in [-0.2, -0.15) is 0 Å². The molecule has 3 fully saturated rings. The van der Waals surface area contributed by atoms with Gasteiger partial charge < -0.3 is 88.1 Å². The van der Waals surface area contributed by atoms with Crippen molar-refractivity contribution in [1.29, 1.82) is 0 Å². The van der Waals surface area contributed by atoms with Crippen LogP contribution in [-0.2, 0) is 27.4 Å². The van der Waals surface area contributed by atoms with Crippen LogP contribution in [0.4, 0.5) is 0 Å². The van der Waals surface area contributed by atoms with E-state index in [1.54, 1.807) is 4.85 Å². The predicted molar refractivity (Wildman–Crippen MR) is 190 cm³/mol. The van der Waals surface area contributed by atoms with E-state index in [4.69, 9.17) is 120 Å². The molecule has 56 heavy (non-hydrogen) atoms. The molecule has 0 radical (unpaired) electrons. The third kappa shape index (κ3) is 36.5. The topological polar surface area (TPSA) is 516 Å². The van der Waals surface area contributed by atoms with Gasteiger partial charge in [0, 0.05) is 0 Å². The van der Waals surface area contributed by atoms with Crippen molar-refractivity contribution in [1.82, 2.24) is 29.2 Å². The molecule has 1 aromatic carbocycles. The summed E-state index contributed by atoms with van der Waals surface area (Å²) in [5.41, 5.74) is 1.88. The zero-order chi connectivity index (χ0) is 44.4. The fraction of sp³-hybridized carbons (Fsp3) is 0.667. The number of aromatic nitrogens is 3. The number of hydrogen-bond acceptors (Lipinski definition) is 12. The summed E-state index contributed by atoms with van der Waals surface area (Å²) in [6, 6.07) is 8.11. The summed E-state index contributed by atoms with van der Waals surface area (Å²) in [6.07, 6.45) is 7.65.